The van der Waals surface area contributed by atoms with E-state index in [0.29, 0.717) is 17.9 Å². The number of carbonyl (C=O) groups excluding carboxylic acids is 1. The lowest BCUT2D eigenvalue weighted by Crippen LogP contribution is -2.36. The van der Waals surface area contributed by atoms with E-state index >= 15 is 0 Å². The third kappa shape index (κ3) is 2.73. The van der Waals surface area contributed by atoms with Crippen molar-refractivity contribution in [1.29, 1.82) is 0 Å². The van der Waals surface area contributed by atoms with Crippen molar-refractivity contribution in [1.82, 2.24) is 9.78 Å². The molecule has 5 rings (SSSR count). The number of carbonyl (C=O) groups is 1. The molecule has 142 valence electrons. The summed E-state index contributed by atoms with van der Waals surface area (Å²) < 4.78 is 28.7. The van der Waals surface area contributed by atoms with Gasteiger partial charge in [0.2, 0.25) is 0 Å². The lowest BCUT2D eigenvalue weighted by molar-refractivity contribution is 0.0981. The van der Waals surface area contributed by atoms with Crippen LogP contribution >= 0.6 is 11.8 Å². The van der Waals surface area contributed by atoms with Crippen molar-refractivity contribution in [2.45, 2.75) is 24.2 Å². The second kappa shape index (κ2) is 6.74. The summed E-state index contributed by atoms with van der Waals surface area (Å²) in [5.74, 6) is -1.12. The average Bonchev–Trinajstić information content (AvgIpc) is 3.32. The fraction of sp³-hybridized carbons (Fsp3) is 0.238. The van der Waals surface area contributed by atoms with E-state index in [-0.39, 0.29) is 5.91 Å². The van der Waals surface area contributed by atoms with Crippen LogP contribution in [-0.2, 0) is 12.8 Å². The van der Waals surface area contributed by atoms with Gasteiger partial charge in [-0.05, 0) is 43.5 Å². The number of nitrogens with zero attached hydrogens (tertiary/aromatic N) is 3. The summed E-state index contributed by atoms with van der Waals surface area (Å²) in [6.07, 6.45) is 2.45. The van der Waals surface area contributed by atoms with Gasteiger partial charge in [-0.25, -0.2) is 13.5 Å². The maximum Gasteiger partial charge on any atom is 0.279 e. The van der Waals surface area contributed by atoms with Crippen molar-refractivity contribution in [2.24, 2.45) is 0 Å². The summed E-state index contributed by atoms with van der Waals surface area (Å²) in [5.41, 5.74) is 3.59. The minimum Gasteiger partial charge on any atom is -0.305 e. The van der Waals surface area contributed by atoms with Gasteiger partial charge in [0, 0.05) is 34.5 Å². The molecular formula is C21H17F2N3OS. The van der Waals surface area contributed by atoms with Crippen LogP contribution < -0.4 is 4.90 Å². The lowest BCUT2D eigenvalue weighted by atomic mass is 10.1. The minimum absolute atomic E-state index is 0.132. The van der Waals surface area contributed by atoms with Gasteiger partial charge in [-0.1, -0.05) is 12.1 Å². The van der Waals surface area contributed by atoms with Gasteiger partial charge < -0.3 is 4.90 Å². The number of fused-ring (bicyclic) bond motifs is 2. The van der Waals surface area contributed by atoms with E-state index in [4.69, 9.17) is 0 Å². The summed E-state index contributed by atoms with van der Waals surface area (Å²) in [7, 11) is 0. The van der Waals surface area contributed by atoms with Crippen molar-refractivity contribution in [2.75, 3.05) is 17.2 Å². The van der Waals surface area contributed by atoms with Crippen LogP contribution in [0.5, 0.6) is 0 Å². The van der Waals surface area contributed by atoms with E-state index < -0.39 is 11.6 Å². The fourth-order valence-electron chi connectivity index (χ4n) is 3.95. The highest BCUT2D eigenvalue weighted by Gasteiger charge is 2.32. The summed E-state index contributed by atoms with van der Waals surface area (Å²) in [4.78, 5) is 16.3. The van der Waals surface area contributed by atoms with Crippen molar-refractivity contribution < 1.29 is 13.6 Å². The number of benzene rings is 2. The standard InChI is InChI=1S/C21H17F2N3OS/c22-15-9-8-13(12-16(15)23)26-17-6-3-4-14(17)20(24-26)21(27)25-10-11-28-19-7-2-1-5-18(19)25/h1-2,5,7-9,12H,3-4,6,10-11H2. The first-order valence-corrected chi connectivity index (χ1v) is 10.2. The molecule has 1 aromatic heterocycles. The maximum atomic E-state index is 13.7. The Balaban J connectivity index is 1.58. The van der Waals surface area contributed by atoms with Gasteiger partial charge in [-0.2, -0.15) is 5.10 Å². The second-order valence-corrected chi connectivity index (χ2v) is 8.05. The van der Waals surface area contributed by atoms with Crippen molar-refractivity contribution in [3.8, 4) is 5.69 Å². The molecule has 0 spiro atoms. The largest absolute Gasteiger partial charge is 0.305 e. The van der Waals surface area contributed by atoms with E-state index in [1.54, 1.807) is 21.3 Å². The molecule has 0 unspecified atom stereocenters. The van der Waals surface area contributed by atoms with Crippen molar-refractivity contribution in [3.63, 3.8) is 0 Å². The lowest BCUT2D eigenvalue weighted by Gasteiger charge is -2.28. The molecule has 0 saturated heterocycles. The number of thioether (sulfide) groups is 1. The molecule has 0 radical (unpaired) electrons. The number of aromatic nitrogens is 2. The Morgan fingerprint density at radius 1 is 1.07 bits per heavy atom. The third-order valence-electron chi connectivity index (χ3n) is 5.25. The molecule has 0 atom stereocenters. The van der Waals surface area contributed by atoms with E-state index in [1.165, 1.54) is 6.07 Å². The molecule has 1 aliphatic carbocycles. The highest BCUT2D eigenvalue weighted by Crippen LogP contribution is 2.36. The second-order valence-electron chi connectivity index (χ2n) is 6.91. The van der Waals surface area contributed by atoms with Gasteiger partial charge in [0.15, 0.2) is 17.3 Å². The highest BCUT2D eigenvalue weighted by molar-refractivity contribution is 7.99. The van der Waals surface area contributed by atoms with Crippen molar-refractivity contribution >= 4 is 23.4 Å². The van der Waals surface area contributed by atoms with Crippen molar-refractivity contribution in [3.05, 3.63) is 71.1 Å². The van der Waals surface area contributed by atoms with Crippen LogP contribution in [0.1, 0.15) is 28.2 Å². The summed E-state index contributed by atoms with van der Waals surface area (Å²) in [5, 5.41) is 4.55. The van der Waals surface area contributed by atoms with Crippen LogP contribution in [0.3, 0.4) is 0 Å². The Bertz CT molecular complexity index is 1100. The summed E-state index contributed by atoms with van der Waals surface area (Å²) in [6.45, 7) is 0.618. The molecule has 2 heterocycles. The average molecular weight is 397 g/mol. The molecule has 2 aromatic carbocycles. The number of amides is 1. The SMILES string of the molecule is O=C(c1nn(-c2ccc(F)c(F)c2)c2c1CCC2)N1CCSc2ccccc21. The molecule has 3 aromatic rings. The first-order chi connectivity index (χ1) is 13.6. The van der Waals surface area contributed by atoms with E-state index in [1.807, 2.05) is 24.3 Å². The zero-order chi connectivity index (χ0) is 19.3. The zero-order valence-corrected chi connectivity index (χ0v) is 15.8. The van der Waals surface area contributed by atoms with Crippen LogP contribution in [0.2, 0.25) is 0 Å². The van der Waals surface area contributed by atoms with E-state index in [2.05, 4.69) is 5.10 Å². The predicted molar refractivity (Wildman–Crippen MR) is 104 cm³/mol. The Hall–Kier alpha value is -2.67. The predicted octanol–water partition coefficient (Wildman–Crippen LogP) is 4.39. The minimum atomic E-state index is -0.922. The zero-order valence-electron chi connectivity index (χ0n) is 15.0. The molecule has 0 N–H and O–H groups in total. The molecule has 4 nitrogen and oxygen atoms in total. The number of hydrogen-bond donors (Lipinski definition) is 0. The molecule has 1 aliphatic heterocycles. The smallest absolute Gasteiger partial charge is 0.279 e. The van der Waals surface area contributed by atoms with Crippen LogP contribution in [0.15, 0.2) is 47.4 Å². The summed E-state index contributed by atoms with van der Waals surface area (Å²) in [6, 6.07) is 11.6. The molecule has 0 saturated carbocycles. The van der Waals surface area contributed by atoms with E-state index in [0.717, 1.165) is 59.0 Å². The molecular weight excluding hydrogens is 380 g/mol. The Labute approximate surface area is 165 Å². The maximum absolute atomic E-state index is 13.7. The number of halogens is 2. The number of rotatable bonds is 2. The van der Waals surface area contributed by atoms with Gasteiger partial charge in [-0.3, -0.25) is 4.79 Å². The topological polar surface area (TPSA) is 38.1 Å². The Morgan fingerprint density at radius 2 is 1.93 bits per heavy atom. The monoisotopic (exact) mass is 397 g/mol. The van der Waals surface area contributed by atoms with E-state index in [9.17, 15) is 13.6 Å². The normalized spacial score (nSPS) is 15.4. The first-order valence-electron chi connectivity index (χ1n) is 9.23. The Kier molecular flexibility index (Phi) is 4.19. The number of hydrogen-bond acceptors (Lipinski definition) is 3. The number of para-hydroxylation sites is 1. The quantitative estimate of drug-likeness (QED) is 0.644. The van der Waals surface area contributed by atoms with Crippen LogP contribution in [0.25, 0.3) is 5.69 Å². The molecule has 28 heavy (non-hydrogen) atoms. The molecule has 1 amide bonds. The highest BCUT2D eigenvalue weighted by atomic mass is 32.2. The summed E-state index contributed by atoms with van der Waals surface area (Å²) >= 11 is 1.74. The molecule has 2 aliphatic rings. The molecule has 7 heteroatoms. The molecule has 0 bridgehead atoms. The van der Waals surface area contributed by atoms with Gasteiger partial charge >= 0.3 is 0 Å². The molecule has 0 fully saturated rings. The Morgan fingerprint density at radius 3 is 2.79 bits per heavy atom. The fourth-order valence-corrected chi connectivity index (χ4v) is 4.94. The first kappa shape index (κ1) is 17.4. The van der Waals surface area contributed by atoms with Crippen LogP contribution in [0, 0.1) is 11.6 Å². The van der Waals surface area contributed by atoms with Gasteiger partial charge in [0.25, 0.3) is 5.91 Å². The van der Waals surface area contributed by atoms with Crippen LogP contribution in [0.4, 0.5) is 14.5 Å². The number of anilines is 1. The van der Waals surface area contributed by atoms with Gasteiger partial charge in [0.1, 0.15) is 0 Å². The van der Waals surface area contributed by atoms with Crippen LogP contribution in [-0.4, -0.2) is 28.0 Å². The third-order valence-corrected chi connectivity index (χ3v) is 6.30. The van der Waals surface area contributed by atoms with Gasteiger partial charge in [-0.15, -0.1) is 11.8 Å². The van der Waals surface area contributed by atoms with Gasteiger partial charge in [0.05, 0.1) is 11.4 Å².